The molecular weight excluding hydrogens is 334 g/mol. The van der Waals surface area contributed by atoms with E-state index in [4.69, 9.17) is 14.0 Å². The summed E-state index contributed by atoms with van der Waals surface area (Å²) in [7, 11) is 0. The first kappa shape index (κ1) is 17.2. The predicted molar refractivity (Wildman–Crippen MR) is 92.6 cm³/mol. The molecule has 0 N–H and O–H groups in total. The van der Waals surface area contributed by atoms with Crippen LogP contribution in [0.5, 0.6) is 0 Å². The molecule has 0 aliphatic carbocycles. The first-order valence-corrected chi connectivity index (χ1v) is 8.92. The van der Waals surface area contributed by atoms with Gasteiger partial charge in [-0.05, 0) is 38.0 Å². The third-order valence-electron chi connectivity index (χ3n) is 5.39. The smallest absolute Gasteiger partial charge is 0.259 e. The molecule has 2 aromatic rings. The van der Waals surface area contributed by atoms with Gasteiger partial charge in [0.2, 0.25) is 0 Å². The van der Waals surface area contributed by atoms with E-state index in [9.17, 15) is 4.79 Å². The molecule has 0 unspecified atom stereocenters. The number of hydrogen-bond donors (Lipinski definition) is 0. The highest BCUT2D eigenvalue weighted by molar-refractivity contribution is 5.96. The van der Waals surface area contributed by atoms with Crippen molar-refractivity contribution in [2.45, 2.75) is 32.5 Å². The molecule has 2 saturated heterocycles. The fourth-order valence-corrected chi connectivity index (χ4v) is 3.86. The van der Waals surface area contributed by atoms with Gasteiger partial charge in [0.05, 0.1) is 32.0 Å². The molecule has 138 valence electrons. The first-order valence-electron chi connectivity index (χ1n) is 8.92. The number of nitrogens with zero attached hydrogens (tertiary/aromatic N) is 3. The highest BCUT2D eigenvalue weighted by atomic mass is 16.5. The number of pyridine rings is 1. The van der Waals surface area contributed by atoms with Gasteiger partial charge in [0, 0.05) is 24.9 Å². The van der Waals surface area contributed by atoms with Crippen molar-refractivity contribution in [3.05, 3.63) is 47.1 Å². The molecule has 4 heterocycles. The summed E-state index contributed by atoms with van der Waals surface area (Å²) in [5.74, 6) is 0.843. The Kier molecular flexibility index (Phi) is 4.50. The quantitative estimate of drug-likeness (QED) is 0.816. The van der Waals surface area contributed by atoms with Crippen molar-refractivity contribution in [1.82, 2.24) is 15.0 Å². The average Bonchev–Trinajstić information content (AvgIpc) is 3.17. The standard InChI is InChI=1S/C19H23N3O4/c1-13-17(14(2)26-21-13)18(23)22-11-19(12-22)16(5-8-25-19)10-24-9-15-3-6-20-7-4-15/h3-4,6-7,16H,5,8-12H2,1-2H3/t16-/m1/s1. The van der Waals surface area contributed by atoms with Gasteiger partial charge in [-0.1, -0.05) is 5.16 Å². The lowest BCUT2D eigenvalue weighted by Crippen LogP contribution is -2.66. The maximum Gasteiger partial charge on any atom is 0.259 e. The van der Waals surface area contributed by atoms with Crippen LogP contribution in [-0.4, -0.2) is 52.9 Å². The van der Waals surface area contributed by atoms with E-state index in [2.05, 4.69) is 10.1 Å². The van der Waals surface area contributed by atoms with E-state index in [1.807, 2.05) is 17.0 Å². The summed E-state index contributed by atoms with van der Waals surface area (Å²) in [5, 5.41) is 3.87. The topological polar surface area (TPSA) is 77.7 Å². The van der Waals surface area contributed by atoms with Gasteiger partial charge in [-0.2, -0.15) is 0 Å². The number of aromatic nitrogens is 2. The zero-order valence-corrected chi connectivity index (χ0v) is 15.1. The monoisotopic (exact) mass is 357 g/mol. The molecule has 2 aliphatic heterocycles. The molecule has 0 aromatic carbocycles. The van der Waals surface area contributed by atoms with Gasteiger partial charge in [0.15, 0.2) is 0 Å². The molecular formula is C19H23N3O4. The Bertz CT molecular complexity index is 764. The number of rotatable bonds is 5. The highest BCUT2D eigenvalue weighted by Crippen LogP contribution is 2.41. The molecule has 1 spiro atoms. The van der Waals surface area contributed by atoms with Crippen molar-refractivity contribution >= 4 is 5.91 Å². The number of aryl methyl sites for hydroxylation is 2. The zero-order chi connectivity index (χ0) is 18.1. The Hall–Kier alpha value is -2.25. The van der Waals surface area contributed by atoms with Crippen molar-refractivity contribution in [2.24, 2.45) is 5.92 Å². The van der Waals surface area contributed by atoms with E-state index in [0.717, 1.165) is 18.6 Å². The summed E-state index contributed by atoms with van der Waals surface area (Å²) >= 11 is 0. The molecule has 2 aliphatic rings. The molecule has 4 rings (SSSR count). The van der Waals surface area contributed by atoms with E-state index in [1.54, 1.807) is 26.2 Å². The number of amides is 1. The van der Waals surface area contributed by atoms with Crippen molar-refractivity contribution in [2.75, 3.05) is 26.3 Å². The molecule has 7 nitrogen and oxygen atoms in total. The first-order chi connectivity index (χ1) is 12.6. The zero-order valence-electron chi connectivity index (χ0n) is 15.1. The van der Waals surface area contributed by atoms with Crippen LogP contribution in [0.2, 0.25) is 0 Å². The Morgan fingerprint density at radius 1 is 1.35 bits per heavy atom. The minimum absolute atomic E-state index is 0.0289. The van der Waals surface area contributed by atoms with Crippen LogP contribution in [0.15, 0.2) is 29.0 Å². The number of carbonyl (C=O) groups is 1. The van der Waals surface area contributed by atoms with Crippen molar-refractivity contribution in [3.63, 3.8) is 0 Å². The Labute approximate surface area is 152 Å². The molecule has 2 fully saturated rings. The van der Waals surface area contributed by atoms with Gasteiger partial charge in [-0.15, -0.1) is 0 Å². The minimum atomic E-state index is -0.271. The normalized spacial score (nSPS) is 21.2. The van der Waals surface area contributed by atoms with Crippen LogP contribution in [-0.2, 0) is 16.1 Å². The molecule has 2 aromatic heterocycles. The third-order valence-corrected chi connectivity index (χ3v) is 5.39. The molecule has 0 radical (unpaired) electrons. The van der Waals surface area contributed by atoms with Gasteiger partial charge in [-0.3, -0.25) is 9.78 Å². The van der Waals surface area contributed by atoms with E-state index in [0.29, 0.717) is 49.2 Å². The van der Waals surface area contributed by atoms with Crippen molar-refractivity contribution in [3.8, 4) is 0 Å². The van der Waals surface area contributed by atoms with Gasteiger partial charge in [0.25, 0.3) is 5.91 Å². The lowest BCUT2D eigenvalue weighted by Gasteiger charge is -2.50. The fraction of sp³-hybridized carbons (Fsp3) is 0.526. The maximum absolute atomic E-state index is 12.7. The van der Waals surface area contributed by atoms with Crippen LogP contribution >= 0.6 is 0 Å². The third kappa shape index (κ3) is 3.01. The second-order valence-electron chi connectivity index (χ2n) is 7.13. The number of likely N-dealkylation sites (tertiary alicyclic amines) is 1. The van der Waals surface area contributed by atoms with E-state index in [1.165, 1.54) is 0 Å². The number of hydrogen-bond acceptors (Lipinski definition) is 6. The van der Waals surface area contributed by atoms with Gasteiger partial charge in [0.1, 0.15) is 16.9 Å². The Balaban J connectivity index is 1.34. The lowest BCUT2D eigenvalue weighted by molar-refractivity contribution is -0.129. The van der Waals surface area contributed by atoms with E-state index >= 15 is 0 Å². The van der Waals surface area contributed by atoms with Crippen LogP contribution in [0.1, 0.15) is 33.8 Å². The summed E-state index contributed by atoms with van der Waals surface area (Å²) in [5.41, 5.74) is 2.05. The number of carbonyl (C=O) groups excluding carboxylic acids is 1. The van der Waals surface area contributed by atoms with Crippen LogP contribution in [0.3, 0.4) is 0 Å². The fourth-order valence-electron chi connectivity index (χ4n) is 3.86. The second kappa shape index (κ2) is 6.81. The maximum atomic E-state index is 12.7. The van der Waals surface area contributed by atoms with Crippen LogP contribution < -0.4 is 0 Å². The van der Waals surface area contributed by atoms with E-state index in [-0.39, 0.29) is 11.5 Å². The van der Waals surface area contributed by atoms with Crippen molar-refractivity contribution < 1.29 is 18.8 Å². The number of ether oxygens (including phenoxy) is 2. The Morgan fingerprint density at radius 3 is 2.81 bits per heavy atom. The summed E-state index contributed by atoms with van der Waals surface area (Å²) in [6, 6.07) is 3.91. The van der Waals surface area contributed by atoms with Crippen molar-refractivity contribution in [1.29, 1.82) is 0 Å². The molecule has 0 saturated carbocycles. The van der Waals surface area contributed by atoms with Crippen LogP contribution in [0.4, 0.5) is 0 Å². The highest BCUT2D eigenvalue weighted by Gasteiger charge is 2.54. The minimum Gasteiger partial charge on any atom is -0.376 e. The van der Waals surface area contributed by atoms with Gasteiger partial charge < -0.3 is 18.9 Å². The lowest BCUT2D eigenvalue weighted by atomic mass is 9.81. The SMILES string of the molecule is Cc1noc(C)c1C(=O)N1CC2(C1)OCC[C@@H]2COCc1ccncc1. The average molecular weight is 357 g/mol. The van der Waals surface area contributed by atoms with E-state index < -0.39 is 0 Å². The van der Waals surface area contributed by atoms with Crippen LogP contribution in [0.25, 0.3) is 0 Å². The van der Waals surface area contributed by atoms with Gasteiger partial charge in [-0.25, -0.2) is 0 Å². The molecule has 0 bridgehead atoms. The Morgan fingerprint density at radius 2 is 2.12 bits per heavy atom. The molecule has 1 atom stereocenters. The summed E-state index contributed by atoms with van der Waals surface area (Å²) in [4.78, 5) is 18.5. The largest absolute Gasteiger partial charge is 0.376 e. The second-order valence-corrected chi connectivity index (χ2v) is 7.13. The van der Waals surface area contributed by atoms with Crippen LogP contribution in [0, 0.1) is 19.8 Å². The predicted octanol–water partition coefficient (Wildman–Crippen LogP) is 2.13. The summed E-state index contributed by atoms with van der Waals surface area (Å²) < 4.78 is 17.0. The molecule has 26 heavy (non-hydrogen) atoms. The summed E-state index contributed by atoms with van der Waals surface area (Å²) in [6.45, 7) is 6.67. The summed E-state index contributed by atoms with van der Waals surface area (Å²) in [6.07, 6.45) is 4.50. The molecule has 7 heteroatoms. The molecule has 1 amide bonds. The van der Waals surface area contributed by atoms with Gasteiger partial charge >= 0.3 is 0 Å².